The second-order valence-electron chi connectivity index (χ2n) is 3.84. The van der Waals surface area contributed by atoms with Gasteiger partial charge in [0.15, 0.2) is 11.0 Å². The zero-order valence-corrected chi connectivity index (χ0v) is 12.8. The number of nitrogens with zero attached hydrogens (tertiary/aromatic N) is 1. The van der Waals surface area contributed by atoms with Crippen LogP contribution in [0.1, 0.15) is 29.8 Å². The highest BCUT2D eigenvalue weighted by Crippen LogP contribution is 2.28. The van der Waals surface area contributed by atoms with E-state index in [1.54, 1.807) is 13.8 Å². The van der Waals surface area contributed by atoms with E-state index in [4.69, 9.17) is 33.0 Å². The molecule has 5 nitrogen and oxygen atoms in total. The summed E-state index contributed by atoms with van der Waals surface area (Å²) >= 11 is 11.4. The zero-order chi connectivity index (χ0) is 16.2. The number of rotatable bonds is 6. The molecule has 1 N–H and O–H groups in total. The van der Waals surface area contributed by atoms with E-state index in [0.717, 1.165) is 6.26 Å². The number of carbonyl (C=O) groups is 2. The first-order valence-corrected chi connectivity index (χ1v) is 6.73. The molecular formula is C13H12Cl2FNO4. The average Bonchev–Trinajstić information content (AvgIpc) is 2.42. The van der Waals surface area contributed by atoms with Gasteiger partial charge in [-0.2, -0.15) is 0 Å². The predicted octanol–water partition coefficient (Wildman–Crippen LogP) is 3.28. The lowest BCUT2D eigenvalue weighted by Crippen LogP contribution is -2.17. The van der Waals surface area contributed by atoms with Gasteiger partial charge in [0.1, 0.15) is 17.0 Å². The first-order chi connectivity index (χ1) is 9.84. The molecular weight excluding hydrogens is 324 g/mol. The number of carboxylic acid groups (broad SMARTS) is 1. The van der Waals surface area contributed by atoms with Crippen molar-refractivity contribution in [2.75, 3.05) is 6.61 Å². The van der Waals surface area contributed by atoms with Crippen LogP contribution in [-0.2, 0) is 16.0 Å². The van der Waals surface area contributed by atoms with Crippen molar-refractivity contribution in [2.24, 2.45) is 0 Å². The third kappa shape index (κ3) is 3.71. The van der Waals surface area contributed by atoms with Gasteiger partial charge in [0, 0.05) is 5.56 Å². The molecule has 0 saturated carbocycles. The van der Waals surface area contributed by atoms with E-state index < -0.39 is 28.3 Å². The third-order valence-electron chi connectivity index (χ3n) is 2.57. The monoisotopic (exact) mass is 335 g/mol. The number of aromatic nitrogens is 1. The fraction of sp³-hybridized carbons (Fsp3) is 0.308. The number of carboxylic acids is 1. The summed E-state index contributed by atoms with van der Waals surface area (Å²) in [6.45, 7) is 3.37. The highest BCUT2D eigenvalue weighted by Gasteiger charge is 2.28. The largest absolute Gasteiger partial charge is 0.500 e. The van der Waals surface area contributed by atoms with Crippen LogP contribution in [0.4, 0.5) is 4.39 Å². The fourth-order valence-electron chi connectivity index (χ4n) is 1.62. The van der Waals surface area contributed by atoms with E-state index in [1.807, 2.05) is 0 Å². The van der Waals surface area contributed by atoms with E-state index in [0.29, 0.717) is 0 Å². The first kappa shape index (κ1) is 17.4. The van der Waals surface area contributed by atoms with E-state index in [-0.39, 0.29) is 29.3 Å². The van der Waals surface area contributed by atoms with Crippen molar-refractivity contribution in [3.8, 4) is 0 Å². The van der Waals surface area contributed by atoms with Gasteiger partial charge in [-0.25, -0.2) is 14.2 Å². The minimum absolute atomic E-state index is 0.0892. The number of ether oxygens (including phenoxy) is 1. The Labute approximate surface area is 130 Å². The predicted molar refractivity (Wildman–Crippen MR) is 75.3 cm³/mol. The van der Waals surface area contributed by atoms with Crippen LogP contribution in [0.3, 0.4) is 0 Å². The molecule has 0 aliphatic carbocycles. The molecule has 1 aromatic heterocycles. The summed E-state index contributed by atoms with van der Waals surface area (Å²) in [7, 11) is 0. The Morgan fingerprint density at radius 1 is 1.33 bits per heavy atom. The minimum Gasteiger partial charge on any atom is -0.500 e. The molecule has 0 fully saturated rings. The zero-order valence-electron chi connectivity index (χ0n) is 11.2. The molecule has 0 unspecified atom stereocenters. The molecule has 0 spiro atoms. The van der Waals surface area contributed by atoms with Crippen LogP contribution in [0, 0.1) is 5.82 Å². The molecule has 0 amide bonds. The topological polar surface area (TPSA) is 76.5 Å². The standard InChI is InChI=1S/C13H12Cl2FNO4/c1-3-6-8(11(14)17-12(15)9(6)16)10(18)7(13(19)20)5-21-4-2/h5H,3-4H2,1-2H3,(H,19,20)/b7-5+. The van der Waals surface area contributed by atoms with Gasteiger partial charge in [-0.05, 0) is 13.3 Å². The van der Waals surface area contributed by atoms with Crippen LogP contribution in [0.25, 0.3) is 0 Å². The molecule has 0 bridgehead atoms. The molecule has 1 heterocycles. The lowest BCUT2D eigenvalue weighted by molar-refractivity contribution is -0.132. The van der Waals surface area contributed by atoms with Crippen LogP contribution in [0.15, 0.2) is 11.8 Å². The Morgan fingerprint density at radius 2 is 1.95 bits per heavy atom. The molecule has 0 radical (unpaired) electrons. The van der Waals surface area contributed by atoms with Gasteiger partial charge in [-0.1, -0.05) is 30.1 Å². The SMILES string of the molecule is CCO/C=C(/C(=O)O)C(=O)c1c(Cl)nc(Cl)c(F)c1CC. The lowest BCUT2D eigenvalue weighted by atomic mass is 9.99. The van der Waals surface area contributed by atoms with Gasteiger partial charge in [0.2, 0.25) is 5.78 Å². The number of hydrogen-bond donors (Lipinski definition) is 1. The number of halogens is 3. The summed E-state index contributed by atoms with van der Waals surface area (Å²) in [5.74, 6) is -3.39. The second-order valence-corrected chi connectivity index (χ2v) is 4.55. The fourth-order valence-corrected chi connectivity index (χ4v) is 2.14. The normalized spacial score (nSPS) is 11.4. The van der Waals surface area contributed by atoms with Gasteiger partial charge in [0.05, 0.1) is 12.2 Å². The maximum absolute atomic E-state index is 13.9. The number of Topliss-reactive ketones (excluding diaryl/α,β-unsaturated/α-hetero) is 1. The number of pyridine rings is 1. The van der Waals surface area contributed by atoms with Crippen molar-refractivity contribution in [1.29, 1.82) is 0 Å². The number of hydrogen-bond acceptors (Lipinski definition) is 4. The number of ketones is 1. The summed E-state index contributed by atoms with van der Waals surface area (Å²) in [5, 5.41) is 8.23. The summed E-state index contributed by atoms with van der Waals surface area (Å²) < 4.78 is 18.7. The highest BCUT2D eigenvalue weighted by atomic mass is 35.5. The van der Waals surface area contributed by atoms with Gasteiger partial charge in [-0.3, -0.25) is 4.79 Å². The number of carbonyl (C=O) groups excluding carboxylic acids is 1. The van der Waals surface area contributed by atoms with E-state index in [9.17, 15) is 14.0 Å². The third-order valence-corrected chi connectivity index (χ3v) is 3.10. The number of aliphatic carboxylic acids is 1. The van der Waals surface area contributed by atoms with Gasteiger partial charge >= 0.3 is 5.97 Å². The van der Waals surface area contributed by atoms with Crippen molar-refractivity contribution < 1.29 is 23.8 Å². The van der Waals surface area contributed by atoms with Gasteiger partial charge in [0.25, 0.3) is 0 Å². The Bertz CT molecular complexity index is 617. The van der Waals surface area contributed by atoms with Crippen molar-refractivity contribution in [3.63, 3.8) is 0 Å². The molecule has 114 valence electrons. The van der Waals surface area contributed by atoms with Crippen LogP contribution < -0.4 is 0 Å². The van der Waals surface area contributed by atoms with Crippen molar-refractivity contribution >= 4 is 35.0 Å². The quantitative estimate of drug-likeness (QED) is 0.215. The second kappa shape index (κ2) is 7.38. The summed E-state index contributed by atoms with van der Waals surface area (Å²) in [4.78, 5) is 26.9. The summed E-state index contributed by atoms with van der Waals surface area (Å²) in [6.07, 6.45) is 0.892. The highest BCUT2D eigenvalue weighted by molar-refractivity contribution is 6.37. The molecule has 21 heavy (non-hydrogen) atoms. The Balaban J connectivity index is 3.48. The minimum atomic E-state index is -1.51. The van der Waals surface area contributed by atoms with Crippen LogP contribution in [-0.4, -0.2) is 28.4 Å². The molecule has 1 rings (SSSR count). The maximum Gasteiger partial charge on any atom is 0.342 e. The molecule has 0 saturated heterocycles. The van der Waals surface area contributed by atoms with E-state index in [1.165, 1.54) is 0 Å². The van der Waals surface area contributed by atoms with Crippen molar-refractivity contribution in [3.05, 3.63) is 39.1 Å². The molecule has 8 heteroatoms. The Morgan fingerprint density at radius 3 is 2.43 bits per heavy atom. The molecule has 0 aliphatic rings. The van der Waals surface area contributed by atoms with Crippen LogP contribution in [0.5, 0.6) is 0 Å². The van der Waals surface area contributed by atoms with E-state index >= 15 is 0 Å². The Kier molecular flexibility index (Phi) is 6.11. The Hall–Kier alpha value is -1.66. The smallest absolute Gasteiger partial charge is 0.342 e. The first-order valence-electron chi connectivity index (χ1n) is 5.98. The van der Waals surface area contributed by atoms with Crippen LogP contribution >= 0.6 is 23.2 Å². The van der Waals surface area contributed by atoms with Crippen molar-refractivity contribution in [2.45, 2.75) is 20.3 Å². The molecule has 1 aromatic rings. The van der Waals surface area contributed by atoms with Gasteiger partial charge in [-0.15, -0.1) is 0 Å². The molecule has 0 aromatic carbocycles. The molecule has 0 aliphatic heterocycles. The average molecular weight is 336 g/mol. The summed E-state index contributed by atoms with van der Waals surface area (Å²) in [5.41, 5.74) is -1.08. The molecule has 0 atom stereocenters. The lowest BCUT2D eigenvalue weighted by Gasteiger charge is -2.11. The summed E-state index contributed by atoms with van der Waals surface area (Å²) in [6, 6.07) is 0. The van der Waals surface area contributed by atoms with Crippen LogP contribution in [0.2, 0.25) is 10.3 Å². The van der Waals surface area contributed by atoms with Gasteiger partial charge < -0.3 is 9.84 Å². The van der Waals surface area contributed by atoms with Crippen molar-refractivity contribution in [1.82, 2.24) is 4.98 Å². The maximum atomic E-state index is 13.9. The van der Waals surface area contributed by atoms with E-state index in [2.05, 4.69) is 4.98 Å².